The van der Waals surface area contributed by atoms with Crippen molar-refractivity contribution >= 4 is 17.4 Å². The molecule has 1 atom stereocenters. The van der Waals surface area contributed by atoms with Crippen LogP contribution in [-0.4, -0.2) is 35.5 Å². The van der Waals surface area contributed by atoms with E-state index in [4.69, 9.17) is 0 Å². The van der Waals surface area contributed by atoms with Gasteiger partial charge in [0, 0.05) is 37.7 Å². The van der Waals surface area contributed by atoms with Crippen molar-refractivity contribution in [2.45, 2.75) is 19.8 Å². The molecule has 3 rings (SSSR count). The number of amides is 1. The van der Waals surface area contributed by atoms with Crippen LogP contribution in [0.5, 0.6) is 0 Å². The summed E-state index contributed by atoms with van der Waals surface area (Å²) < 4.78 is 0. The highest BCUT2D eigenvalue weighted by atomic mass is 16.2. The van der Waals surface area contributed by atoms with Gasteiger partial charge in [0.25, 0.3) is 0 Å². The third-order valence-electron chi connectivity index (χ3n) is 4.29. The van der Waals surface area contributed by atoms with E-state index in [1.54, 1.807) is 18.6 Å². The normalized spacial score (nSPS) is 17.8. The molecule has 5 heteroatoms. The zero-order valence-electron chi connectivity index (χ0n) is 13.4. The lowest BCUT2D eigenvalue weighted by atomic mass is 9.96. The second kappa shape index (κ2) is 7.22. The molecule has 1 aromatic carbocycles. The Kier molecular flexibility index (Phi) is 4.86. The van der Waals surface area contributed by atoms with Crippen molar-refractivity contribution in [2.75, 3.05) is 29.4 Å². The number of carbonyl (C=O) groups is 1. The zero-order chi connectivity index (χ0) is 16.1. The molecule has 1 fully saturated rings. The molecule has 2 aromatic rings. The molecule has 0 saturated carbocycles. The van der Waals surface area contributed by atoms with E-state index in [9.17, 15) is 4.79 Å². The van der Waals surface area contributed by atoms with Crippen LogP contribution in [-0.2, 0) is 4.79 Å². The van der Waals surface area contributed by atoms with E-state index in [0.29, 0.717) is 13.1 Å². The summed E-state index contributed by atoms with van der Waals surface area (Å²) >= 11 is 0. The molecule has 0 unspecified atom stereocenters. The maximum Gasteiger partial charge on any atom is 0.231 e. The van der Waals surface area contributed by atoms with Gasteiger partial charge in [0.1, 0.15) is 5.82 Å². The highest BCUT2D eigenvalue weighted by molar-refractivity contribution is 5.95. The van der Waals surface area contributed by atoms with Gasteiger partial charge in [-0.05, 0) is 31.9 Å². The van der Waals surface area contributed by atoms with Crippen LogP contribution in [0.2, 0.25) is 0 Å². The summed E-state index contributed by atoms with van der Waals surface area (Å²) in [5.41, 5.74) is 0.969. The zero-order valence-corrected chi connectivity index (χ0v) is 13.4. The molecule has 1 aromatic heterocycles. The number of carbonyl (C=O) groups excluding carboxylic acids is 1. The van der Waals surface area contributed by atoms with Crippen molar-refractivity contribution in [1.29, 1.82) is 0 Å². The van der Waals surface area contributed by atoms with E-state index in [0.717, 1.165) is 30.9 Å². The van der Waals surface area contributed by atoms with Crippen LogP contribution in [0.4, 0.5) is 11.5 Å². The quantitative estimate of drug-likeness (QED) is 0.871. The van der Waals surface area contributed by atoms with E-state index in [1.165, 1.54) is 0 Å². The average molecular weight is 310 g/mol. The first-order valence-electron chi connectivity index (χ1n) is 8.17. The Morgan fingerprint density at radius 2 is 2.13 bits per heavy atom. The van der Waals surface area contributed by atoms with Crippen molar-refractivity contribution in [3.63, 3.8) is 0 Å². The standard InChI is InChI=1S/C18H22N4O/c1-2-22(16-8-4-3-5-9-16)18(23)15-7-6-12-21(14-15)17-13-19-10-11-20-17/h3-5,8-11,13,15H,2,6-7,12,14H2,1H3/t15-/m1/s1. The number of hydrogen-bond acceptors (Lipinski definition) is 4. The molecule has 23 heavy (non-hydrogen) atoms. The largest absolute Gasteiger partial charge is 0.355 e. The van der Waals surface area contributed by atoms with Gasteiger partial charge in [-0.15, -0.1) is 0 Å². The molecule has 1 aliphatic rings. The first kappa shape index (κ1) is 15.5. The van der Waals surface area contributed by atoms with Crippen LogP contribution in [0, 0.1) is 5.92 Å². The van der Waals surface area contributed by atoms with Crippen LogP contribution in [0.3, 0.4) is 0 Å². The molecule has 0 radical (unpaired) electrons. The van der Waals surface area contributed by atoms with Gasteiger partial charge in [-0.2, -0.15) is 0 Å². The Bertz CT molecular complexity index is 632. The van der Waals surface area contributed by atoms with E-state index >= 15 is 0 Å². The predicted octanol–water partition coefficient (Wildman–Crippen LogP) is 2.75. The minimum absolute atomic E-state index is 0.00547. The third-order valence-corrected chi connectivity index (χ3v) is 4.29. The van der Waals surface area contributed by atoms with Crippen LogP contribution < -0.4 is 9.80 Å². The number of hydrogen-bond donors (Lipinski definition) is 0. The van der Waals surface area contributed by atoms with Gasteiger partial charge in [0.05, 0.1) is 12.1 Å². The summed E-state index contributed by atoms with van der Waals surface area (Å²) in [6, 6.07) is 9.89. The summed E-state index contributed by atoms with van der Waals surface area (Å²) in [5, 5.41) is 0. The lowest BCUT2D eigenvalue weighted by molar-refractivity contribution is -0.122. The number of aromatic nitrogens is 2. The molecule has 0 bridgehead atoms. The van der Waals surface area contributed by atoms with E-state index in [-0.39, 0.29) is 11.8 Å². The van der Waals surface area contributed by atoms with Crippen molar-refractivity contribution in [2.24, 2.45) is 5.92 Å². The number of piperidine rings is 1. The summed E-state index contributed by atoms with van der Waals surface area (Å²) in [6.45, 7) is 4.35. The molecule has 0 aliphatic carbocycles. The van der Waals surface area contributed by atoms with Crippen molar-refractivity contribution in [3.8, 4) is 0 Å². The van der Waals surface area contributed by atoms with Crippen LogP contribution in [0.25, 0.3) is 0 Å². The van der Waals surface area contributed by atoms with Gasteiger partial charge in [-0.25, -0.2) is 4.98 Å². The molecule has 0 N–H and O–H groups in total. The molecule has 2 heterocycles. The number of anilines is 2. The van der Waals surface area contributed by atoms with Crippen molar-refractivity contribution in [1.82, 2.24) is 9.97 Å². The lowest BCUT2D eigenvalue weighted by Crippen LogP contribution is -2.45. The molecule has 0 spiro atoms. The summed E-state index contributed by atoms with van der Waals surface area (Å²) in [4.78, 5) is 25.5. The van der Waals surface area contributed by atoms with Crippen LogP contribution >= 0.6 is 0 Å². The summed E-state index contributed by atoms with van der Waals surface area (Å²) in [5.74, 6) is 1.06. The number of para-hydroxylation sites is 1. The number of nitrogens with zero attached hydrogens (tertiary/aromatic N) is 4. The molecule has 5 nitrogen and oxygen atoms in total. The summed E-state index contributed by atoms with van der Waals surface area (Å²) in [7, 11) is 0. The van der Waals surface area contributed by atoms with E-state index < -0.39 is 0 Å². The van der Waals surface area contributed by atoms with Gasteiger partial charge >= 0.3 is 0 Å². The van der Waals surface area contributed by atoms with Gasteiger partial charge in [0.15, 0.2) is 0 Å². The average Bonchev–Trinajstić information content (AvgIpc) is 2.64. The number of benzene rings is 1. The SMILES string of the molecule is CCN(C(=O)[C@@H]1CCCN(c2cnccn2)C1)c1ccccc1. The highest BCUT2D eigenvalue weighted by Gasteiger charge is 2.30. The molecule has 1 aliphatic heterocycles. The van der Waals surface area contributed by atoms with Crippen LogP contribution in [0.1, 0.15) is 19.8 Å². The van der Waals surface area contributed by atoms with Gasteiger partial charge < -0.3 is 9.80 Å². The van der Waals surface area contributed by atoms with Gasteiger partial charge in [0.2, 0.25) is 5.91 Å². The monoisotopic (exact) mass is 310 g/mol. The maximum atomic E-state index is 13.0. The molecular weight excluding hydrogens is 288 g/mol. The molecular formula is C18H22N4O. The van der Waals surface area contributed by atoms with Crippen molar-refractivity contribution in [3.05, 3.63) is 48.9 Å². The second-order valence-electron chi connectivity index (χ2n) is 5.77. The van der Waals surface area contributed by atoms with E-state index in [1.807, 2.05) is 42.2 Å². The van der Waals surface area contributed by atoms with Crippen LogP contribution in [0.15, 0.2) is 48.9 Å². The Hall–Kier alpha value is -2.43. The second-order valence-corrected chi connectivity index (χ2v) is 5.77. The van der Waals surface area contributed by atoms with Crippen molar-refractivity contribution < 1.29 is 4.79 Å². The Morgan fingerprint density at radius 3 is 2.83 bits per heavy atom. The molecule has 120 valence electrons. The number of rotatable bonds is 4. The minimum atomic E-state index is 0.00547. The smallest absolute Gasteiger partial charge is 0.231 e. The lowest BCUT2D eigenvalue weighted by Gasteiger charge is -2.35. The fourth-order valence-electron chi connectivity index (χ4n) is 3.14. The highest BCUT2D eigenvalue weighted by Crippen LogP contribution is 2.24. The maximum absolute atomic E-state index is 13.0. The Labute approximate surface area is 137 Å². The van der Waals surface area contributed by atoms with Gasteiger partial charge in [-0.3, -0.25) is 9.78 Å². The fraction of sp³-hybridized carbons (Fsp3) is 0.389. The molecule has 1 amide bonds. The molecule has 1 saturated heterocycles. The van der Waals surface area contributed by atoms with Gasteiger partial charge in [-0.1, -0.05) is 18.2 Å². The first-order valence-corrected chi connectivity index (χ1v) is 8.17. The first-order chi connectivity index (χ1) is 11.3. The summed E-state index contributed by atoms with van der Waals surface area (Å²) in [6.07, 6.45) is 7.06. The van der Waals surface area contributed by atoms with E-state index in [2.05, 4.69) is 14.9 Å². The third kappa shape index (κ3) is 3.50. The topological polar surface area (TPSA) is 49.3 Å². The Balaban J connectivity index is 1.74. The predicted molar refractivity (Wildman–Crippen MR) is 91.4 cm³/mol. The minimum Gasteiger partial charge on any atom is -0.355 e. The fourth-order valence-corrected chi connectivity index (χ4v) is 3.14. The Morgan fingerprint density at radius 1 is 1.30 bits per heavy atom.